The van der Waals surface area contributed by atoms with Crippen LogP contribution >= 0.6 is 11.8 Å². The summed E-state index contributed by atoms with van der Waals surface area (Å²) in [6.45, 7) is 4.86. The number of fused-ring (bicyclic) bond motifs is 1. The zero-order valence-corrected chi connectivity index (χ0v) is 15.0. The Morgan fingerprint density at radius 3 is 3.00 bits per heavy atom. The van der Waals surface area contributed by atoms with Crippen LogP contribution in [-0.2, 0) is 22.7 Å². The molecule has 3 rings (SSSR count). The van der Waals surface area contributed by atoms with E-state index >= 15 is 0 Å². The van der Waals surface area contributed by atoms with Crippen molar-refractivity contribution in [2.24, 2.45) is 0 Å². The van der Waals surface area contributed by atoms with Gasteiger partial charge < -0.3 is 4.74 Å². The summed E-state index contributed by atoms with van der Waals surface area (Å²) in [6.07, 6.45) is 0.912. The number of aromatic nitrogens is 5. The monoisotopic (exact) mass is 357 g/mol. The predicted octanol–water partition coefficient (Wildman–Crippen LogP) is 2.78. The number of thioether (sulfide) groups is 1. The second-order valence-corrected chi connectivity index (χ2v) is 6.56. The molecule has 7 nitrogen and oxygen atoms in total. The lowest BCUT2D eigenvalue weighted by atomic mass is 10.1. The number of hydrogen-bond donors (Lipinski definition) is 0. The van der Waals surface area contributed by atoms with Crippen LogP contribution < -0.4 is 0 Å². The molecule has 0 N–H and O–H groups in total. The predicted molar refractivity (Wildman–Crippen MR) is 95.1 cm³/mol. The zero-order chi connectivity index (χ0) is 17.6. The lowest BCUT2D eigenvalue weighted by Gasteiger charge is -2.07. The first-order chi connectivity index (χ1) is 12.2. The standard InChI is InChI=1S/C17H19N5O2S/c1-3-8-22-15(19-20-21-22)10-24-17(23)11-25-16-9-12(2)13-6-4-5-7-14(13)18-16/h4-7,9H,3,8,10-11H2,1-2H3. The Morgan fingerprint density at radius 1 is 1.32 bits per heavy atom. The highest BCUT2D eigenvalue weighted by atomic mass is 32.2. The van der Waals surface area contributed by atoms with Gasteiger partial charge in [-0.05, 0) is 41.5 Å². The quantitative estimate of drug-likeness (QED) is 0.475. The number of pyridine rings is 1. The molecule has 0 aliphatic rings. The van der Waals surface area contributed by atoms with Gasteiger partial charge in [-0.2, -0.15) is 0 Å². The molecule has 25 heavy (non-hydrogen) atoms. The van der Waals surface area contributed by atoms with Gasteiger partial charge in [-0.15, -0.1) is 5.10 Å². The van der Waals surface area contributed by atoms with Crippen molar-refractivity contribution in [3.05, 3.63) is 41.7 Å². The van der Waals surface area contributed by atoms with Gasteiger partial charge in [0.25, 0.3) is 0 Å². The summed E-state index contributed by atoms with van der Waals surface area (Å²) in [6, 6.07) is 9.95. The van der Waals surface area contributed by atoms with Crippen molar-refractivity contribution in [1.82, 2.24) is 25.2 Å². The molecule has 0 spiro atoms. The van der Waals surface area contributed by atoms with Gasteiger partial charge in [0.05, 0.1) is 16.3 Å². The van der Waals surface area contributed by atoms with Gasteiger partial charge in [0, 0.05) is 11.9 Å². The van der Waals surface area contributed by atoms with E-state index in [1.165, 1.54) is 11.8 Å². The van der Waals surface area contributed by atoms with Gasteiger partial charge >= 0.3 is 5.97 Å². The van der Waals surface area contributed by atoms with Crippen LogP contribution in [0.3, 0.4) is 0 Å². The van der Waals surface area contributed by atoms with E-state index in [1.54, 1.807) is 4.68 Å². The van der Waals surface area contributed by atoms with E-state index in [0.717, 1.165) is 27.9 Å². The molecule has 8 heteroatoms. The highest BCUT2D eigenvalue weighted by molar-refractivity contribution is 7.99. The molecular weight excluding hydrogens is 338 g/mol. The normalized spacial score (nSPS) is 11.0. The van der Waals surface area contributed by atoms with Gasteiger partial charge in [-0.25, -0.2) is 9.67 Å². The highest BCUT2D eigenvalue weighted by Crippen LogP contribution is 2.23. The van der Waals surface area contributed by atoms with Crippen molar-refractivity contribution in [1.29, 1.82) is 0 Å². The van der Waals surface area contributed by atoms with Gasteiger partial charge in [0.2, 0.25) is 0 Å². The molecule has 3 aromatic rings. The maximum atomic E-state index is 12.0. The zero-order valence-electron chi connectivity index (χ0n) is 14.2. The second kappa shape index (κ2) is 8.06. The van der Waals surface area contributed by atoms with Crippen LogP contribution in [0.25, 0.3) is 10.9 Å². The Morgan fingerprint density at radius 2 is 2.16 bits per heavy atom. The summed E-state index contributed by atoms with van der Waals surface area (Å²) in [4.78, 5) is 16.6. The van der Waals surface area contributed by atoms with Crippen molar-refractivity contribution in [3.8, 4) is 0 Å². The molecule has 0 aliphatic carbocycles. The average Bonchev–Trinajstić information content (AvgIpc) is 3.06. The number of tetrazole rings is 1. The maximum absolute atomic E-state index is 12.0. The topological polar surface area (TPSA) is 82.8 Å². The average molecular weight is 357 g/mol. The molecule has 0 amide bonds. The van der Waals surface area contributed by atoms with Crippen LogP contribution in [0.15, 0.2) is 35.4 Å². The van der Waals surface area contributed by atoms with Crippen LogP contribution in [0, 0.1) is 6.92 Å². The molecule has 0 unspecified atom stereocenters. The lowest BCUT2D eigenvalue weighted by Crippen LogP contribution is -2.12. The number of nitrogens with zero attached hydrogens (tertiary/aromatic N) is 5. The molecule has 0 fully saturated rings. The largest absolute Gasteiger partial charge is 0.457 e. The molecule has 1 aromatic carbocycles. The number of esters is 1. The van der Waals surface area contributed by atoms with Gasteiger partial charge in [0.1, 0.15) is 0 Å². The molecule has 0 saturated heterocycles. The maximum Gasteiger partial charge on any atom is 0.316 e. The van der Waals surface area contributed by atoms with Crippen molar-refractivity contribution in [3.63, 3.8) is 0 Å². The number of carbonyl (C=O) groups excluding carboxylic acids is 1. The van der Waals surface area contributed by atoms with E-state index in [0.29, 0.717) is 12.4 Å². The lowest BCUT2D eigenvalue weighted by molar-refractivity contribution is -0.142. The molecule has 0 radical (unpaired) electrons. The summed E-state index contributed by atoms with van der Waals surface area (Å²) in [5.41, 5.74) is 2.07. The van der Waals surface area contributed by atoms with E-state index in [-0.39, 0.29) is 18.3 Å². The molecule has 2 heterocycles. The number of ether oxygens (including phenoxy) is 1. The Labute approximate surface area is 149 Å². The fourth-order valence-corrected chi connectivity index (χ4v) is 3.20. The van der Waals surface area contributed by atoms with E-state index in [4.69, 9.17) is 4.74 Å². The van der Waals surface area contributed by atoms with Crippen molar-refractivity contribution >= 4 is 28.6 Å². The summed E-state index contributed by atoms with van der Waals surface area (Å²) in [7, 11) is 0. The van der Waals surface area contributed by atoms with Crippen molar-refractivity contribution in [2.75, 3.05) is 5.75 Å². The van der Waals surface area contributed by atoms with Crippen LogP contribution in [0.1, 0.15) is 24.7 Å². The summed E-state index contributed by atoms with van der Waals surface area (Å²) >= 11 is 1.37. The van der Waals surface area contributed by atoms with Crippen molar-refractivity contribution in [2.45, 2.75) is 38.4 Å². The number of aryl methyl sites for hydroxylation is 2. The van der Waals surface area contributed by atoms with Crippen LogP contribution in [0.2, 0.25) is 0 Å². The first kappa shape index (κ1) is 17.3. The SMILES string of the molecule is CCCn1nnnc1COC(=O)CSc1cc(C)c2ccccc2n1. The Bertz CT molecular complexity index is 880. The minimum atomic E-state index is -0.316. The summed E-state index contributed by atoms with van der Waals surface area (Å²) in [5.74, 6) is 0.434. The fourth-order valence-electron chi connectivity index (χ4n) is 2.42. The number of para-hydroxylation sites is 1. The first-order valence-corrected chi connectivity index (χ1v) is 9.05. The van der Waals surface area contributed by atoms with Gasteiger partial charge in [0.15, 0.2) is 12.4 Å². The van der Waals surface area contributed by atoms with Crippen molar-refractivity contribution < 1.29 is 9.53 Å². The van der Waals surface area contributed by atoms with E-state index in [9.17, 15) is 4.79 Å². The molecule has 2 aromatic heterocycles. The number of benzene rings is 1. The Hall–Kier alpha value is -2.48. The third-order valence-corrected chi connectivity index (χ3v) is 4.53. The molecule has 0 saturated carbocycles. The smallest absolute Gasteiger partial charge is 0.316 e. The van der Waals surface area contributed by atoms with Gasteiger partial charge in [-0.3, -0.25) is 4.79 Å². The molecule has 0 aliphatic heterocycles. The number of carbonyl (C=O) groups is 1. The summed E-state index contributed by atoms with van der Waals surface area (Å²) < 4.78 is 6.91. The Kier molecular flexibility index (Phi) is 5.60. The van der Waals surface area contributed by atoms with E-state index in [2.05, 4.69) is 20.5 Å². The first-order valence-electron chi connectivity index (χ1n) is 8.07. The molecule has 0 atom stereocenters. The molecule has 0 bridgehead atoms. The number of hydrogen-bond acceptors (Lipinski definition) is 7. The van der Waals surface area contributed by atoms with Crippen LogP contribution in [0.4, 0.5) is 0 Å². The fraction of sp³-hybridized carbons (Fsp3) is 0.353. The van der Waals surface area contributed by atoms with Crippen LogP contribution in [-0.4, -0.2) is 36.9 Å². The highest BCUT2D eigenvalue weighted by Gasteiger charge is 2.11. The third-order valence-electron chi connectivity index (χ3n) is 3.64. The summed E-state index contributed by atoms with van der Waals surface area (Å²) in [5, 5.41) is 13.3. The van der Waals surface area contributed by atoms with E-state index in [1.807, 2.05) is 44.2 Å². The minimum absolute atomic E-state index is 0.0799. The van der Waals surface area contributed by atoms with Crippen LogP contribution in [0.5, 0.6) is 0 Å². The van der Waals surface area contributed by atoms with E-state index < -0.39 is 0 Å². The van der Waals surface area contributed by atoms with Gasteiger partial charge in [-0.1, -0.05) is 36.9 Å². The molecule has 130 valence electrons. The number of rotatable bonds is 7. The minimum Gasteiger partial charge on any atom is -0.457 e. The second-order valence-electron chi connectivity index (χ2n) is 5.56. The Balaban J connectivity index is 1.56. The third kappa shape index (κ3) is 4.33. The molecular formula is C17H19N5O2S.